The Hall–Kier alpha value is -1.92. The van der Waals surface area contributed by atoms with Gasteiger partial charge in [0.25, 0.3) is 0 Å². The van der Waals surface area contributed by atoms with E-state index in [1.54, 1.807) is 0 Å². The van der Waals surface area contributed by atoms with Gasteiger partial charge in [-0.15, -0.1) is 0 Å². The monoisotopic (exact) mass is 331 g/mol. The van der Waals surface area contributed by atoms with E-state index >= 15 is 0 Å². The third kappa shape index (κ3) is 4.33. The van der Waals surface area contributed by atoms with Crippen molar-refractivity contribution in [2.75, 3.05) is 44.7 Å². The van der Waals surface area contributed by atoms with Crippen molar-refractivity contribution >= 4 is 17.5 Å². The largest absolute Gasteiger partial charge is 0.379 e. The molecule has 24 heavy (non-hydrogen) atoms. The van der Waals surface area contributed by atoms with Gasteiger partial charge in [-0.3, -0.25) is 14.5 Å². The number of anilines is 1. The van der Waals surface area contributed by atoms with Crippen LogP contribution in [0.2, 0.25) is 0 Å². The van der Waals surface area contributed by atoms with Crippen molar-refractivity contribution < 1.29 is 14.3 Å². The van der Waals surface area contributed by atoms with Gasteiger partial charge >= 0.3 is 0 Å². The molecule has 1 aromatic rings. The number of benzene rings is 1. The van der Waals surface area contributed by atoms with Crippen LogP contribution >= 0.6 is 0 Å². The SMILES string of the molecule is Cc1ccccc1NC(=O)C1CC1C(=O)NCCN1CCOCC1. The molecule has 6 nitrogen and oxygen atoms in total. The molecule has 1 aliphatic heterocycles. The second-order valence-corrected chi connectivity index (χ2v) is 6.50. The first-order chi connectivity index (χ1) is 11.6. The molecule has 6 heteroatoms. The van der Waals surface area contributed by atoms with Gasteiger partial charge in [0, 0.05) is 31.9 Å². The number of rotatable bonds is 6. The molecule has 2 atom stereocenters. The van der Waals surface area contributed by atoms with Crippen molar-refractivity contribution in [3.63, 3.8) is 0 Å². The lowest BCUT2D eigenvalue weighted by Gasteiger charge is -2.26. The average Bonchev–Trinajstić information content (AvgIpc) is 3.39. The first-order valence-corrected chi connectivity index (χ1v) is 8.59. The fourth-order valence-electron chi connectivity index (χ4n) is 3.01. The lowest BCUT2D eigenvalue weighted by atomic mass is 10.2. The molecule has 2 amide bonds. The van der Waals surface area contributed by atoms with Gasteiger partial charge in [0.05, 0.1) is 25.0 Å². The second-order valence-electron chi connectivity index (χ2n) is 6.50. The summed E-state index contributed by atoms with van der Waals surface area (Å²) < 4.78 is 5.30. The zero-order chi connectivity index (χ0) is 16.9. The highest BCUT2D eigenvalue weighted by Crippen LogP contribution is 2.39. The number of amides is 2. The van der Waals surface area contributed by atoms with Crippen LogP contribution in [0.15, 0.2) is 24.3 Å². The van der Waals surface area contributed by atoms with E-state index in [1.807, 2.05) is 31.2 Å². The molecule has 2 N–H and O–H groups in total. The van der Waals surface area contributed by atoms with Gasteiger partial charge < -0.3 is 15.4 Å². The number of morpholine rings is 1. The maximum absolute atomic E-state index is 12.2. The first kappa shape index (κ1) is 16.9. The Labute approximate surface area is 142 Å². The molecular weight excluding hydrogens is 306 g/mol. The number of carbonyl (C=O) groups is 2. The maximum atomic E-state index is 12.2. The van der Waals surface area contributed by atoms with Gasteiger partial charge in [0.15, 0.2) is 0 Å². The summed E-state index contributed by atoms with van der Waals surface area (Å²) in [5, 5.41) is 5.87. The molecule has 1 aromatic carbocycles. The van der Waals surface area contributed by atoms with Crippen LogP contribution in [0, 0.1) is 18.8 Å². The fraction of sp³-hybridized carbons (Fsp3) is 0.556. The highest BCUT2D eigenvalue weighted by atomic mass is 16.5. The summed E-state index contributed by atoms with van der Waals surface area (Å²) in [4.78, 5) is 26.7. The molecule has 0 radical (unpaired) electrons. The normalized spacial score (nSPS) is 23.5. The van der Waals surface area contributed by atoms with E-state index in [0.29, 0.717) is 13.0 Å². The molecule has 0 bridgehead atoms. The van der Waals surface area contributed by atoms with Gasteiger partial charge in [-0.2, -0.15) is 0 Å². The van der Waals surface area contributed by atoms with Crippen molar-refractivity contribution in [1.82, 2.24) is 10.2 Å². The summed E-state index contributed by atoms with van der Waals surface area (Å²) in [6.45, 7) is 6.78. The van der Waals surface area contributed by atoms with E-state index in [0.717, 1.165) is 44.1 Å². The quantitative estimate of drug-likeness (QED) is 0.816. The summed E-state index contributed by atoms with van der Waals surface area (Å²) in [5.74, 6) is -0.447. The summed E-state index contributed by atoms with van der Waals surface area (Å²) in [6.07, 6.45) is 0.640. The molecule has 1 heterocycles. The molecule has 2 fully saturated rings. The van der Waals surface area contributed by atoms with Crippen LogP contribution in [0.5, 0.6) is 0 Å². The molecule has 2 aliphatic rings. The van der Waals surface area contributed by atoms with Crippen LogP contribution in [0.25, 0.3) is 0 Å². The molecular formula is C18H25N3O3. The molecule has 1 aliphatic carbocycles. The fourth-order valence-corrected chi connectivity index (χ4v) is 3.01. The van der Waals surface area contributed by atoms with Crippen LogP contribution < -0.4 is 10.6 Å². The Kier molecular flexibility index (Phi) is 5.48. The van der Waals surface area contributed by atoms with E-state index in [-0.39, 0.29) is 23.7 Å². The third-order valence-electron chi connectivity index (χ3n) is 4.70. The minimum atomic E-state index is -0.201. The highest BCUT2D eigenvalue weighted by molar-refractivity contribution is 5.99. The number of nitrogens with zero attached hydrogens (tertiary/aromatic N) is 1. The lowest BCUT2D eigenvalue weighted by Crippen LogP contribution is -2.41. The average molecular weight is 331 g/mol. The summed E-state index contributed by atoms with van der Waals surface area (Å²) in [7, 11) is 0. The second kappa shape index (κ2) is 7.77. The molecule has 0 aromatic heterocycles. The van der Waals surface area contributed by atoms with E-state index in [2.05, 4.69) is 15.5 Å². The zero-order valence-electron chi connectivity index (χ0n) is 14.1. The van der Waals surface area contributed by atoms with Gasteiger partial charge in [-0.05, 0) is 25.0 Å². The summed E-state index contributed by atoms with van der Waals surface area (Å²) in [5.41, 5.74) is 1.85. The van der Waals surface area contributed by atoms with Gasteiger partial charge in [0.2, 0.25) is 11.8 Å². The van der Waals surface area contributed by atoms with Crippen molar-refractivity contribution in [1.29, 1.82) is 0 Å². The van der Waals surface area contributed by atoms with Crippen molar-refractivity contribution in [2.45, 2.75) is 13.3 Å². The number of nitrogens with one attached hydrogen (secondary N) is 2. The summed E-state index contributed by atoms with van der Waals surface area (Å²) in [6, 6.07) is 7.67. The van der Waals surface area contributed by atoms with Gasteiger partial charge in [-0.25, -0.2) is 0 Å². The van der Waals surface area contributed by atoms with Crippen LogP contribution in [-0.4, -0.2) is 56.1 Å². The third-order valence-corrected chi connectivity index (χ3v) is 4.70. The van der Waals surface area contributed by atoms with Crippen molar-refractivity contribution in [3.05, 3.63) is 29.8 Å². The predicted molar refractivity (Wildman–Crippen MR) is 91.7 cm³/mol. The smallest absolute Gasteiger partial charge is 0.228 e. The standard InChI is InChI=1S/C18H25N3O3/c1-13-4-2-3-5-16(13)20-18(23)15-12-14(15)17(22)19-6-7-21-8-10-24-11-9-21/h2-5,14-15H,6-12H2,1H3,(H,19,22)(H,20,23). The molecule has 3 rings (SSSR count). The molecule has 1 saturated carbocycles. The number of hydrogen-bond acceptors (Lipinski definition) is 4. The van der Waals surface area contributed by atoms with Gasteiger partial charge in [0.1, 0.15) is 0 Å². The molecule has 1 saturated heterocycles. The molecule has 2 unspecified atom stereocenters. The highest BCUT2D eigenvalue weighted by Gasteiger charge is 2.47. The van der Waals surface area contributed by atoms with E-state index in [4.69, 9.17) is 4.74 Å². The maximum Gasteiger partial charge on any atom is 0.228 e. The number of aryl methyl sites for hydroxylation is 1. The van der Waals surface area contributed by atoms with Crippen molar-refractivity contribution in [3.8, 4) is 0 Å². The minimum Gasteiger partial charge on any atom is -0.379 e. The van der Waals surface area contributed by atoms with E-state index < -0.39 is 0 Å². The van der Waals surface area contributed by atoms with Gasteiger partial charge in [-0.1, -0.05) is 18.2 Å². The Bertz CT molecular complexity index is 599. The van der Waals surface area contributed by atoms with Crippen LogP contribution in [-0.2, 0) is 14.3 Å². The van der Waals surface area contributed by atoms with Crippen LogP contribution in [0.3, 0.4) is 0 Å². The first-order valence-electron chi connectivity index (χ1n) is 8.59. The Morgan fingerprint density at radius 3 is 2.62 bits per heavy atom. The number of hydrogen-bond donors (Lipinski definition) is 2. The van der Waals surface area contributed by atoms with Crippen LogP contribution in [0.4, 0.5) is 5.69 Å². The Morgan fingerprint density at radius 1 is 1.17 bits per heavy atom. The molecule has 0 spiro atoms. The predicted octanol–water partition coefficient (Wildman–Crippen LogP) is 1.02. The minimum absolute atomic E-state index is 0.00630. The number of ether oxygens (including phenoxy) is 1. The van der Waals surface area contributed by atoms with E-state index in [9.17, 15) is 9.59 Å². The number of carbonyl (C=O) groups excluding carboxylic acids is 2. The van der Waals surface area contributed by atoms with E-state index in [1.165, 1.54) is 0 Å². The zero-order valence-corrected chi connectivity index (χ0v) is 14.1. The number of para-hydroxylation sites is 1. The van der Waals surface area contributed by atoms with Crippen LogP contribution in [0.1, 0.15) is 12.0 Å². The summed E-state index contributed by atoms with van der Waals surface area (Å²) >= 11 is 0. The lowest BCUT2D eigenvalue weighted by molar-refractivity contribution is -0.125. The molecule has 130 valence electrons. The Balaban J connectivity index is 1.38. The van der Waals surface area contributed by atoms with Crippen molar-refractivity contribution in [2.24, 2.45) is 11.8 Å². The Morgan fingerprint density at radius 2 is 1.88 bits per heavy atom. The topological polar surface area (TPSA) is 70.7 Å².